The molecule has 1 aliphatic rings. The van der Waals surface area contributed by atoms with Gasteiger partial charge < -0.3 is 19.1 Å². The second-order valence-electron chi connectivity index (χ2n) is 5.22. The molecule has 1 rings (SSSR count). The number of ether oxygens (including phenoxy) is 3. The van der Waals surface area contributed by atoms with Gasteiger partial charge >= 0.3 is 0 Å². The molecule has 1 atom stereocenters. The van der Waals surface area contributed by atoms with E-state index in [1.807, 2.05) is 0 Å². The van der Waals surface area contributed by atoms with Crippen molar-refractivity contribution < 1.29 is 19.0 Å². The summed E-state index contributed by atoms with van der Waals surface area (Å²) in [4.78, 5) is 14.0. The smallest absolute Gasteiger partial charge is 0.229 e. The number of hydrogen-bond donors (Lipinski definition) is 0. The zero-order chi connectivity index (χ0) is 16.0. The van der Waals surface area contributed by atoms with Crippen LogP contribution in [0.4, 0.5) is 0 Å². The summed E-state index contributed by atoms with van der Waals surface area (Å²) < 4.78 is 16.2. The predicted molar refractivity (Wildman–Crippen MR) is 90.1 cm³/mol. The van der Waals surface area contributed by atoms with E-state index >= 15 is 0 Å². The molecule has 0 bridgehead atoms. The zero-order valence-electron chi connectivity index (χ0n) is 13.3. The summed E-state index contributed by atoms with van der Waals surface area (Å²) in [5.41, 5.74) is 0. The summed E-state index contributed by atoms with van der Waals surface area (Å²) in [6.07, 6.45) is 5.52. The van der Waals surface area contributed by atoms with E-state index in [0.29, 0.717) is 39.6 Å². The fourth-order valence-corrected chi connectivity index (χ4v) is 2.64. The molecule has 0 aromatic heterocycles. The van der Waals surface area contributed by atoms with Crippen LogP contribution in [0.3, 0.4) is 0 Å². The summed E-state index contributed by atoms with van der Waals surface area (Å²) in [6.45, 7) is 8.14. The number of carbonyl (C=O) groups excluding carboxylic acids is 1. The maximum Gasteiger partial charge on any atom is 0.229 e. The fraction of sp³-hybridized carbons (Fsp3) is 0.812. The third-order valence-corrected chi connectivity index (χ3v) is 3.95. The van der Waals surface area contributed by atoms with Crippen molar-refractivity contribution in [1.82, 2.24) is 4.90 Å². The number of likely N-dealkylation sites (tertiary alicyclic amines) is 1. The Balaban J connectivity index is 2.01. The van der Waals surface area contributed by atoms with Crippen molar-refractivity contribution in [3.8, 4) is 0 Å². The van der Waals surface area contributed by atoms with Gasteiger partial charge in [-0.15, -0.1) is 0 Å². The molecule has 22 heavy (non-hydrogen) atoms. The molecular formula is C16H28BrNO4. The second-order valence-corrected chi connectivity index (χ2v) is 6.01. The van der Waals surface area contributed by atoms with Crippen molar-refractivity contribution in [1.29, 1.82) is 0 Å². The van der Waals surface area contributed by atoms with Gasteiger partial charge in [0.2, 0.25) is 5.91 Å². The van der Waals surface area contributed by atoms with Crippen LogP contribution in [0.25, 0.3) is 0 Å². The standard InChI is InChI=1S/C16H28BrNO4/c1-2-18-8-4-3-5-15(16(18)19)6-9-20-11-13-22-14-12-21-10-7-17/h2,15H,1,3-14H2. The van der Waals surface area contributed by atoms with Gasteiger partial charge in [-0.3, -0.25) is 4.79 Å². The zero-order valence-corrected chi connectivity index (χ0v) is 14.9. The Kier molecular flexibility index (Phi) is 11.6. The van der Waals surface area contributed by atoms with Crippen molar-refractivity contribution in [2.75, 3.05) is 51.5 Å². The van der Waals surface area contributed by atoms with Crippen LogP contribution in [0, 0.1) is 5.92 Å². The van der Waals surface area contributed by atoms with E-state index in [2.05, 4.69) is 22.5 Å². The Morgan fingerprint density at radius 3 is 2.36 bits per heavy atom. The number of halogens is 1. The molecule has 1 aliphatic heterocycles. The lowest BCUT2D eigenvalue weighted by atomic mass is 9.99. The van der Waals surface area contributed by atoms with E-state index in [9.17, 15) is 4.79 Å². The molecule has 1 amide bonds. The van der Waals surface area contributed by atoms with Gasteiger partial charge in [0, 0.05) is 24.4 Å². The average molecular weight is 378 g/mol. The highest BCUT2D eigenvalue weighted by Crippen LogP contribution is 2.21. The van der Waals surface area contributed by atoms with Crippen LogP contribution in [0.15, 0.2) is 12.8 Å². The van der Waals surface area contributed by atoms with E-state index in [0.717, 1.165) is 37.6 Å². The molecule has 0 aliphatic carbocycles. The van der Waals surface area contributed by atoms with Gasteiger partial charge in [0.05, 0.1) is 33.0 Å². The summed E-state index contributed by atoms with van der Waals surface area (Å²) in [5, 5.41) is 0.847. The van der Waals surface area contributed by atoms with Crippen LogP contribution in [0.2, 0.25) is 0 Å². The molecule has 0 spiro atoms. The van der Waals surface area contributed by atoms with Crippen molar-refractivity contribution in [2.24, 2.45) is 5.92 Å². The lowest BCUT2D eigenvalue weighted by Crippen LogP contribution is -2.31. The third-order valence-electron chi connectivity index (χ3n) is 3.63. The number of nitrogens with zero attached hydrogens (tertiary/aromatic N) is 1. The van der Waals surface area contributed by atoms with Crippen molar-refractivity contribution in [3.05, 3.63) is 12.8 Å². The van der Waals surface area contributed by atoms with Crippen molar-refractivity contribution in [2.45, 2.75) is 25.7 Å². The SMILES string of the molecule is C=CN1CCCCC(CCOCCOCCOCCBr)C1=O. The number of rotatable bonds is 12. The van der Waals surface area contributed by atoms with Crippen LogP contribution in [-0.4, -0.2) is 62.3 Å². The monoisotopic (exact) mass is 377 g/mol. The molecule has 1 heterocycles. The Labute approximate surface area is 142 Å². The molecular weight excluding hydrogens is 350 g/mol. The molecule has 1 fully saturated rings. The van der Waals surface area contributed by atoms with Gasteiger partial charge in [-0.05, 0) is 25.5 Å². The fourth-order valence-electron chi connectivity index (χ4n) is 2.41. The number of hydrogen-bond acceptors (Lipinski definition) is 4. The molecule has 0 aromatic rings. The van der Waals surface area contributed by atoms with Crippen LogP contribution in [0.1, 0.15) is 25.7 Å². The third kappa shape index (κ3) is 8.27. The summed E-state index contributed by atoms with van der Waals surface area (Å²) in [5.74, 6) is 0.260. The van der Waals surface area contributed by atoms with Gasteiger partial charge in [-0.1, -0.05) is 28.9 Å². The Hall–Kier alpha value is -0.430. The van der Waals surface area contributed by atoms with Gasteiger partial charge in [-0.25, -0.2) is 0 Å². The van der Waals surface area contributed by atoms with Crippen LogP contribution >= 0.6 is 15.9 Å². The van der Waals surface area contributed by atoms with Gasteiger partial charge in [0.1, 0.15) is 0 Å². The summed E-state index contributed by atoms with van der Waals surface area (Å²) in [7, 11) is 0. The molecule has 0 N–H and O–H groups in total. The molecule has 6 heteroatoms. The first-order valence-electron chi connectivity index (χ1n) is 8.01. The molecule has 0 radical (unpaired) electrons. The Bertz CT molecular complexity index is 315. The molecule has 5 nitrogen and oxygen atoms in total. The lowest BCUT2D eigenvalue weighted by Gasteiger charge is -2.20. The molecule has 0 aromatic carbocycles. The topological polar surface area (TPSA) is 48.0 Å². The quantitative estimate of drug-likeness (QED) is 0.387. The molecule has 0 saturated carbocycles. The normalized spacial score (nSPS) is 19.2. The minimum Gasteiger partial charge on any atom is -0.379 e. The van der Waals surface area contributed by atoms with E-state index in [1.165, 1.54) is 0 Å². The molecule has 128 valence electrons. The van der Waals surface area contributed by atoms with E-state index < -0.39 is 0 Å². The highest BCUT2D eigenvalue weighted by molar-refractivity contribution is 9.09. The number of alkyl halides is 1. The minimum absolute atomic E-state index is 0.0686. The number of carbonyl (C=O) groups is 1. The lowest BCUT2D eigenvalue weighted by molar-refractivity contribution is -0.133. The van der Waals surface area contributed by atoms with Gasteiger partial charge in [-0.2, -0.15) is 0 Å². The average Bonchev–Trinajstić information content (AvgIpc) is 2.71. The van der Waals surface area contributed by atoms with Crippen LogP contribution in [-0.2, 0) is 19.0 Å². The molecule has 1 unspecified atom stereocenters. The maximum atomic E-state index is 12.2. The highest BCUT2D eigenvalue weighted by atomic mass is 79.9. The summed E-state index contributed by atoms with van der Waals surface area (Å²) >= 11 is 3.29. The van der Waals surface area contributed by atoms with Gasteiger partial charge in [0.15, 0.2) is 0 Å². The first-order chi connectivity index (χ1) is 10.8. The first-order valence-corrected chi connectivity index (χ1v) is 9.14. The number of amides is 1. The van der Waals surface area contributed by atoms with Crippen molar-refractivity contribution in [3.63, 3.8) is 0 Å². The highest BCUT2D eigenvalue weighted by Gasteiger charge is 2.24. The van der Waals surface area contributed by atoms with Gasteiger partial charge in [0.25, 0.3) is 0 Å². The largest absolute Gasteiger partial charge is 0.379 e. The van der Waals surface area contributed by atoms with E-state index in [4.69, 9.17) is 14.2 Å². The minimum atomic E-state index is 0.0686. The molecule has 1 saturated heterocycles. The van der Waals surface area contributed by atoms with Crippen molar-refractivity contribution >= 4 is 21.8 Å². The van der Waals surface area contributed by atoms with E-state index in [-0.39, 0.29) is 11.8 Å². The van der Waals surface area contributed by atoms with Crippen LogP contribution in [0.5, 0.6) is 0 Å². The Morgan fingerprint density at radius 1 is 1.09 bits per heavy atom. The van der Waals surface area contributed by atoms with Crippen LogP contribution < -0.4 is 0 Å². The Morgan fingerprint density at radius 2 is 1.73 bits per heavy atom. The maximum absolute atomic E-state index is 12.2. The predicted octanol–water partition coefficient (Wildman–Crippen LogP) is 2.59. The first kappa shape index (κ1) is 19.6. The van der Waals surface area contributed by atoms with E-state index in [1.54, 1.807) is 11.1 Å². The second kappa shape index (κ2) is 13.0. The summed E-state index contributed by atoms with van der Waals surface area (Å²) in [6, 6.07) is 0.